The molecule has 4 heterocycles. The third-order valence-electron chi connectivity index (χ3n) is 6.05. The molecule has 2 aliphatic heterocycles. The monoisotopic (exact) mass is 464 g/mol. The van der Waals surface area contributed by atoms with Gasteiger partial charge in [0.2, 0.25) is 5.91 Å². The number of nitrogen functional groups attached to an aromatic ring is 1. The van der Waals surface area contributed by atoms with Crippen LogP contribution in [-0.2, 0) is 9.59 Å². The summed E-state index contributed by atoms with van der Waals surface area (Å²) < 4.78 is 10.9. The van der Waals surface area contributed by atoms with Crippen LogP contribution >= 0.6 is 0 Å². The summed E-state index contributed by atoms with van der Waals surface area (Å²) in [6.07, 6.45) is 4.18. The largest absolute Gasteiger partial charge is 0.497 e. The Morgan fingerprint density at radius 3 is 3.03 bits per heavy atom. The van der Waals surface area contributed by atoms with E-state index >= 15 is 0 Å². The van der Waals surface area contributed by atoms with Gasteiger partial charge in [-0.15, -0.1) is 0 Å². The molecule has 34 heavy (non-hydrogen) atoms. The molecular formula is C22H24N8O4. The number of anilines is 3. The number of methoxy groups -OCH3 is 1. The van der Waals surface area contributed by atoms with Crippen molar-refractivity contribution in [2.45, 2.75) is 24.9 Å². The summed E-state index contributed by atoms with van der Waals surface area (Å²) in [5.41, 5.74) is 10.9. The van der Waals surface area contributed by atoms with Crippen molar-refractivity contribution in [3.05, 3.63) is 42.7 Å². The van der Waals surface area contributed by atoms with Gasteiger partial charge in [0, 0.05) is 25.2 Å². The minimum absolute atomic E-state index is 0.0455. The van der Waals surface area contributed by atoms with Gasteiger partial charge in [-0.2, -0.15) is 4.98 Å². The summed E-state index contributed by atoms with van der Waals surface area (Å²) in [7, 11) is 1.56. The number of likely N-dealkylation sites (tertiary alicyclic amines) is 1. The zero-order valence-electron chi connectivity index (χ0n) is 18.5. The van der Waals surface area contributed by atoms with Gasteiger partial charge in [0.1, 0.15) is 29.5 Å². The molecule has 0 radical (unpaired) electrons. The van der Waals surface area contributed by atoms with Crippen LogP contribution in [0.5, 0.6) is 5.75 Å². The summed E-state index contributed by atoms with van der Waals surface area (Å²) in [5, 5.41) is 4.52. The summed E-state index contributed by atoms with van der Waals surface area (Å²) in [5.74, 6) is 0.695. The van der Waals surface area contributed by atoms with Crippen LogP contribution in [0.3, 0.4) is 0 Å². The Kier molecular flexibility index (Phi) is 5.49. The molecule has 2 atom stereocenters. The molecule has 0 spiro atoms. The number of nitrogens with one attached hydrogen (secondary N) is 2. The number of piperidine rings is 1. The fraction of sp³-hybridized carbons (Fsp3) is 0.318. The minimum Gasteiger partial charge on any atom is -0.497 e. The Labute approximate surface area is 194 Å². The second-order valence-corrected chi connectivity index (χ2v) is 8.07. The number of carbonyl (C=O) groups is 2. The van der Waals surface area contributed by atoms with Crippen molar-refractivity contribution in [2.24, 2.45) is 0 Å². The van der Waals surface area contributed by atoms with Gasteiger partial charge < -0.3 is 25.2 Å². The van der Waals surface area contributed by atoms with E-state index < -0.39 is 11.9 Å². The molecule has 12 nitrogen and oxygen atoms in total. The lowest BCUT2D eigenvalue weighted by atomic mass is 10.0. The molecule has 0 aliphatic carbocycles. The van der Waals surface area contributed by atoms with Gasteiger partial charge in [0.05, 0.1) is 12.7 Å². The van der Waals surface area contributed by atoms with E-state index in [0.717, 1.165) is 12.8 Å². The Balaban J connectivity index is 1.44. The number of nitrogens with two attached hydrogens (primary N) is 1. The van der Waals surface area contributed by atoms with E-state index in [1.54, 1.807) is 35.2 Å². The fourth-order valence-corrected chi connectivity index (χ4v) is 4.43. The highest BCUT2D eigenvalue weighted by Gasteiger charge is 2.44. The van der Waals surface area contributed by atoms with E-state index in [1.165, 1.54) is 12.4 Å². The van der Waals surface area contributed by atoms with Gasteiger partial charge in [0.25, 0.3) is 5.91 Å². The number of ether oxygens (including phenoxy) is 1. The first-order valence-electron chi connectivity index (χ1n) is 10.8. The number of hydrogen-bond acceptors (Lipinski definition) is 10. The molecule has 2 aromatic heterocycles. The Hall–Kier alpha value is -4.19. The number of hydrogen-bond donors (Lipinski definition) is 3. The Morgan fingerprint density at radius 2 is 2.24 bits per heavy atom. The lowest BCUT2D eigenvalue weighted by molar-refractivity contribution is -0.128. The number of aromatic nitrogens is 3. The fourth-order valence-electron chi connectivity index (χ4n) is 4.43. The number of nitrogens with zero attached hydrogens (tertiary/aromatic N) is 5. The van der Waals surface area contributed by atoms with Gasteiger partial charge in [0.15, 0.2) is 11.4 Å². The van der Waals surface area contributed by atoms with Crippen molar-refractivity contribution in [3.8, 4) is 5.75 Å². The highest BCUT2D eigenvalue weighted by molar-refractivity contribution is 5.97. The molecule has 1 unspecified atom stereocenters. The number of fused-ring (bicyclic) bond motifs is 2. The average Bonchev–Trinajstić information content (AvgIpc) is 3.44. The summed E-state index contributed by atoms with van der Waals surface area (Å²) in [6, 6.07) is 4.19. The average molecular weight is 464 g/mol. The molecule has 12 heteroatoms. The standard InChI is InChI=1S/C22H24N8O4/c1-3-16(31)29-8-4-5-12(10-29)30-18(17-19(23)24-11-25-20(17)28-30)21(32)27-22-26-14-9-13(33-2)6-7-15(14)34-22/h3,6-7,9,11-12,18H,1,4-5,8,10H2,2H3,(H,26,27,32)(H3,23,24,25,28)/t12?,18-/m1/s1. The molecule has 3 aromatic rings. The predicted octanol–water partition coefficient (Wildman–Crippen LogP) is 1.71. The van der Waals surface area contributed by atoms with Gasteiger partial charge in [-0.25, -0.2) is 15.0 Å². The normalized spacial score (nSPS) is 20.0. The molecule has 0 saturated carbocycles. The summed E-state index contributed by atoms with van der Waals surface area (Å²) >= 11 is 0. The second-order valence-electron chi connectivity index (χ2n) is 8.07. The van der Waals surface area contributed by atoms with E-state index in [1.807, 2.05) is 0 Å². The highest BCUT2D eigenvalue weighted by atomic mass is 16.5. The van der Waals surface area contributed by atoms with E-state index in [-0.39, 0.29) is 23.8 Å². The summed E-state index contributed by atoms with van der Waals surface area (Å²) in [4.78, 5) is 40.1. The maximum atomic E-state index is 13.5. The predicted molar refractivity (Wildman–Crippen MR) is 124 cm³/mol. The molecule has 2 aliphatic rings. The van der Waals surface area contributed by atoms with Crippen LogP contribution in [-0.4, -0.2) is 62.9 Å². The molecule has 1 fully saturated rings. The van der Waals surface area contributed by atoms with E-state index in [9.17, 15) is 9.59 Å². The molecule has 0 bridgehead atoms. The van der Waals surface area contributed by atoms with Crippen LogP contribution in [0.1, 0.15) is 24.4 Å². The van der Waals surface area contributed by atoms with Crippen LogP contribution in [0.2, 0.25) is 0 Å². The Bertz CT molecular complexity index is 1280. The summed E-state index contributed by atoms with van der Waals surface area (Å²) in [6.45, 7) is 4.63. The smallest absolute Gasteiger partial charge is 0.302 e. The Morgan fingerprint density at radius 1 is 1.38 bits per heavy atom. The van der Waals surface area contributed by atoms with Crippen molar-refractivity contribution in [3.63, 3.8) is 0 Å². The first-order chi connectivity index (χ1) is 16.5. The van der Waals surface area contributed by atoms with E-state index in [0.29, 0.717) is 41.3 Å². The number of carbonyl (C=O) groups excluding carboxylic acids is 2. The lowest BCUT2D eigenvalue weighted by Crippen LogP contribution is -2.52. The van der Waals surface area contributed by atoms with E-state index in [4.69, 9.17) is 14.9 Å². The van der Waals surface area contributed by atoms with Crippen molar-refractivity contribution in [1.29, 1.82) is 0 Å². The third kappa shape index (κ3) is 3.77. The number of hydrazine groups is 1. The van der Waals surface area contributed by atoms with Gasteiger partial charge >= 0.3 is 6.01 Å². The van der Waals surface area contributed by atoms with Crippen molar-refractivity contribution < 1.29 is 18.7 Å². The molecule has 2 amide bonds. The van der Waals surface area contributed by atoms with Gasteiger partial charge in [-0.1, -0.05) is 6.58 Å². The van der Waals surface area contributed by atoms with Crippen LogP contribution < -0.4 is 21.2 Å². The molecule has 1 saturated heterocycles. The highest BCUT2D eigenvalue weighted by Crippen LogP contribution is 2.40. The van der Waals surface area contributed by atoms with Gasteiger partial charge in [-0.3, -0.25) is 14.9 Å². The topological polar surface area (TPSA) is 152 Å². The number of benzene rings is 1. The van der Waals surface area contributed by atoms with Crippen molar-refractivity contribution >= 4 is 40.6 Å². The van der Waals surface area contributed by atoms with Gasteiger partial charge in [-0.05, 0) is 31.1 Å². The van der Waals surface area contributed by atoms with Crippen LogP contribution in [0.15, 0.2) is 41.6 Å². The molecule has 1 aromatic carbocycles. The molecular weight excluding hydrogens is 440 g/mol. The zero-order valence-corrected chi connectivity index (χ0v) is 18.5. The molecule has 5 rings (SSSR count). The third-order valence-corrected chi connectivity index (χ3v) is 6.05. The number of rotatable bonds is 5. The quantitative estimate of drug-likeness (QED) is 0.476. The first-order valence-corrected chi connectivity index (χ1v) is 10.8. The SMILES string of the molecule is C=CC(=O)N1CCCC(N2Nc3ncnc(N)c3[C@@H]2C(=O)Nc2nc3cc(OC)ccc3o2)C1. The second kappa shape index (κ2) is 8.63. The molecule has 4 N–H and O–H groups in total. The van der Waals surface area contributed by atoms with E-state index in [2.05, 4.69) is 32.3 Å². The maximum absolute atomic E-state index is 13.5. The van der Waals surface area contributed by atoms with Crippen LogP contribution in [0.4, 0.5) is 17.7 Å². The minimum atomic E-state index is -0.857. The number of amides is 2. The van der Waals surface area contributed by atoms with Crippen LogP contribution in [0.25, 0.3) is 11.1 Å². The number of oxazole rings is 1. The maximum Gasteiger partial charge on any atom is 0.302 e. The van der Waals surface area contributed by atoms with Crippen LogP contribution in [0, 0.1) is 0 Å². The van der Waals surface area contributed by atoms with Crippen molar-refractivity contribution in [2.75, 3.05) is 36.7 Å². The first kappa shape index (κ1) is 21.6. The zero-order chi connectivity index (χ0) is 23.8. The molecule has 176 valence electrons. The van der Waals surface area contributed by atoms with Crippen molar-refractivity contribution in [1.82, 2.24) is 24.9 Å². The lowest BCUT2D eigenvalue weighted by Gasteiger charge is -2.39.